The molecule has 1 amide bonds. The number of anilines is 1. The van der Waals surface area contributed by atoms with E-state index in [1.807, 2.05) is 0 Å². The van der Waals surface area contributed by atoms with Gasteiger partial charge in [-0.05, 0) is 18.9 Å². The molecule has 1 aliphatic rings. The Labute approximate surface area is 144 Å². The molecule has 0 unspecified atom stereocenters. The Balaban J connectivity index is 1.58. The fraction of sp³-hybridized carbons (Fsp3) is 0.438. The maximum atomic E-state index is 12.5. The quantitative estimate of drug-likeness (QED) is 0.851. The van der Waals surface area contributed by atoms with Crippen molar-refractivity contribution in [3.8, 4) is 5.88 Å². The molecule has 0 aliphatic carbocycles. The lowest BCUT2D eigenvalue weighted by atomic mass is 10.0. The molecule has 2 aromatic rings. The molecule has 0 atom stereocenters. The molecule has 1 saturated heterocycles. The minimum Gasteiger partial charge on any atom is -0.481 e. The van der Waals surface area contributed by atoms with Gasteiger partial charge in [-0.2, -0.15) is 5.10 Å². The van der Waals surface area contributed by atoms with Crippen molar-refractivity contribution < 1.29 is 9.53 Å². The van der Waals surface area contributed by atoms with E-state index in [1.54, 1.807) is 18.1 Å². The minimum atomic E-state index is -0.236. The smallest absolute Gasteiger partial charge is 0.274 e. The number of aromatic nitrogens is 4. The van der Waals surface area contributed by atoms with Crippen LogP contribution in [0.3, 0.4) is 0 Å². The molecule has 25 heavy (non-hydrogen) atoms. The zero-order chi connectivity index (χ0) is 17.8. The van der Waals surface area contributed by atoms with Crippen molar-refractivity contribution in [3.05, 3.63) is 40.6 Å². The summed E-state index contributed by atoms with van der Waals surface area (Å²) >= 11 is 0. The molecular formula is C16H20N6O3. The van der Waals surface area contributed by atoms with Gasteiger partial charge in [0.1, 0.15) is 17.8 Å². The first-order valence-corrected chi connectivity index (χ1v) is 8.03. The Morgan fingerprint density at radius 1 is 1.28 bits per heavy atom. The van der Waals surface area contributed by atoms with Gasteiger partial charge >= 0.3 is 0 Å². The van der Waals surface area contributed by atoms with Crippen molar-refractivity contribution in [1.29, 1.82) is 0 Å². The molecule has 1 aliphatic heterocycles. The number of amides is 1. The SMILES string of the molecule is COc1cc(NC2CCN(C(=O)c3ccc(=O)n(C)n3)CC2)ncn1. The van der Waals surface area contributed by atoms with Gasteiger partial charge in [0.2, 0.25) is 5.88 Å². The predicted molar refractivity (Wildman–Crippen MR) is 90.6 cm³/mol. The highest BCUT2D eigenvalue weighted by Crippen LogP contribution is 2.18. The highest BCUT2D eigenvalue weighted by molar-refractivity contribution is 5.92. The standard InChI is InChI=1S/C16H20N6O3/c1-21-15(23)4-3-12(20-21)16(24)22-7-5-11(6-8-22)19-13-9-14(25-2)18-10-17-13/h3-4,9-11H,5-8H2,1-2H3,(H,17,18,19). The lowest BCUT2D eigenvalue weighted by Crippen LogP contribution is -2.43. The third-order valence-electron chi connectivity index (χ3n) is 4.16. The summed E-state index contributed by atoms with van der Waals surface area (Å²) in [7, 11) is 3.09. The van der Waals surface area contributed by atoms with Crippen molar-refractivity contribution >= 4 is 11.7 Å². The normalized spacial score (nSPS) is 15.0. The summed E-state index contributed by atoms with van der Waals surface area (Å²) in [6.45, 7) is 1.23. The number of carbonyl (C=O) groups is 1. The molecule has 9 heteroatoms. The van der Waals surface area contributed by atoms with Crippen LogP contribution in [0.15, 0.2) is 29.3 Å². The second-order valence-corrected chi connectivity index (χ2v) is 5.84. The average Bonchev–Trinajstić information content (AvgIpc) is 2.64. The number of ether oxygens (including phenoxy) is 1. The van der Waals surface area contributed by atoms with Crippen LogP contribution in [-0.2, 0) is 7.05 Å². The number of methoxy groups -OCH3 is 1. The van der Waals surface area contributed by atoms with Gasteiger partial charge in [-0.25, -0.2) is 14.6 Å². The van der Waals surface area contributed by atoms with E-state index in [4.69, 9.17) is 4.74 Å². The van der Waals surface area contributed by atoms with Crippen molar-refractivity contribution in [1.82, 2.24) is 24.6 Å². The minimum absolute atomic E-state index is 0.155. The first-order valence-electron chi connectivity index (χ1n) is 8.03. The van der Waals surface area contributed by atoms with Crippen LogP contribution in [0.25, 0.3) is 0 Å². The van der Waals surface area contributed by atoms with Crippen molar-refractivity contribution in [2.75, 3.05) is 25.5 Å². The van der Waals surface area contributed by atoms with Gasteiger partial charge < -0.3 is 15.0 Å². The molecule has 2 aromatic heterocycles. The first-order chi connectivity index (χ1) is 12.1. The fourth-order valence-electron chi connectivity index (χ4n) is 2.74. The number of nitrogens with zero attached hydrogens (tertiary/aromatic N) is 5. The molecule has 9 nitrogen and oxygen atoms in total. The lowest BCUT2D eigenvalue weighted by Gasteiger charge is -2.32. The summed E-state index contributed by atoms with van der Waals surface area (Å²) in [5.41, 5.74) is 0.0498. The van der Waals surface area contributed by atoms with Gasteiger partial charge in [-0.15, -0.1) is 0 Å². The molecule has 132 valence electrons. The highest BCUT2D eigenvalue weighted by Gasteiger charge is 2.25. The second kappa shape index (κ2) is 7.29. The second-order valence-electron chi connectivity index (χ2n) is 5.84. The van der Waals surface area contributed by atoms with Gasteiger partial charge in [0, 0.05) is 38.3 Å². The summed E-state index contributed by atoms with van der Waals surface area (Å²) in [6, 6.07) is 4.79. The maximum Gasteiger partial charge on any atom is 0.274 e. The Kier molecular flexibility index (Phi) is 4.92. The van der Waals surface area contributed by atoms with E-state index in [-0.39, 0.29) is 23.2 Å². The molecule has 0 bridgehead atoms. The highest BCUT2D eigenvalue weighted by atomic mass is 16.5. The summed E-state index contributed by atoms with van der Waals surface area (Å²) in [6.07, 6.45) is 3.04. The predicted octanol–water partition coefficient (Wildman–Crippen LogP) is 0.296. The number of piperidine rings is 1. The van der Waals surface area contributed by atoms with Crippen molar-refractivity contribution in [2.45, 2.75) is 18.9 Å². The fourth-order valence-corrected chi connectivity index (χ4v) is 2.74. The monoisotopic (exact) mass is 344 g/mol. The lowest BCUT2D eigenvalue weighted by molar-refractivity contribution is 0.0710. The summed E-state index contributed by atoms with van der Waals surface area (Å²) in [5, 5.41) is 7.36. The van der Waals surface area contributed by atoms with Gasteiger partial charge in [0.05, 0.1) is 7.11 Å². The molecule has 3 heterocycles. The van der Waals surface area contributed by atoms with Crippen LogP contribution < -0.4 is 15.6 Å². The Bertz CT molecular complexity index is 814. The van der Waals surface area contributed by atoms with Crippen LogP contribution in [-0.4, -0.2) is 56.8 Å². The molecule has 0 spiro atoms. The van der Waals surface area contributed by atoms with Gasteiger partial charge in [0.15, 0.2) is 0 Å². The zero-order valence-electron chi connectivity index (χ0n) is 14.2. The topological polar surface area (TPSA) is 102 Å². The van der Waals surface area contributed by atoms with Crippen molar-refractivity contribution in [2.24, 2.45) is 7.05 Å². The zero-order valence-corrected chi connectivity index (χ0v) is 14.2. The number of hydrogen-bond acceptors (Lipinski definition) is 7. The van der Waals surface area contributed by atoms with E-state index in [9.17, 15) is 9.59 Å². The first kappa shape index (κ1) is 16.9. The van der Waals surface area contributed by atoms with E-state index in [1.165, 1.54) is 30.2 Å². The van der Waals surface area contributed by atoms with E-state index in [2.05, 4.69) is 20.4 Å². The van der Waals surface area contributed by atoms with Crippen molar-refractivity contribution in [3.63, 3.8) is 0 Å². The molecule has 0 radical (unpaired) electrons. The van der Waals surface area contributed by atoms with E-state index < -0.39 is 0 Å². The number of likely N-dealkylation sites (tertiary alicyclic amines) is 1. The molecule has 0 saturated carbocycles. The Morgan fingerprint density at radius 3 is 2.72 bits per heavy atom. The van der Waals surface area contributed by atoms with Gasteiger partial charge in [-0.3, -0.25) is 9.59 Å². The summed E-state index contributed by atoms with van der Waals surface area (Å²) in [4.78, 5) is 33.8. The van der Waals surface area contributed by atoms with E-state index >= 15 is 0 Å². The number of aryl methyl sites for hydroxylation is 1. The van der Waals surface area contributed by atoms with Crippen LogP contribution in [0.5, 0.6) is 5.88 Å². The van der Waals surface area contributed by atoms with Crippen LogP contribution in [0.4, 0.5) is 5.82 Å². The maximum absolute atomic E-state index is 12.5. The molecule has 3 rings (SSSR count). The molecule has 1 fully saturated rings. The van der Waals surface area contributed by atoms with E-state index in [0.717, 1.165) is 12.8 Å². The number of carbonyl (C=O) groups excluding carboxylic acids is 1. The van der Waals surface area contributed by atoms with Gasteiger partial charge in [-0.1, -0.05) is 0 Å². The van der Waals surface area contributed by atoms with E-state index in [0.29, 0.717) is 24.8 Å². The summed E-state index contributed by atoms with van der Waals surface area (Å²) in [5.74, 6) is 1.06. The van der Waals surface area contributed by atoms with Crippen LogP contribution in [0.1, 0.15) is 23.3 Å². The average molecular weight is 344 g/mol. The Hall–Kier alpha value is -2.97. The van der Waals surface area contributed by atoms with Crippen LogP contribution in [0, 0.1) is 0 Å². The number of rotatable bonds is 4. The Morgan fingerprint density at radius 2 is 2.04 bits per heavy atom. The molecule has 1 N–H and O–H groups in total. The summed E-state index contributed by atoms with van der Waals surface area (Å²) < 4.78 is 6.26. The van der Waals surface area contributed by atoms with Gasteiger partial charge in [0.25, 0.3) is 11.5 Å². The third-order valence-corrected chi connectivity index (χ3v) is 4.16. The van der Waals surface area contributed by atoms with Crippen LogP contribution in [0.2, 0.25) is 0 Å². The molecular weight excluding hydrogens is 324 g/mol. The number of nitrogens with one attached hydrogen (secondary N) is 1. The largest absolute Gasteiger partial charge is 0.481 e. The van der Waals surface area contributed by atoms with Crippen LogP contribution >= 0.6 is 0 Å². The molecule has 0 aromatic carbocycles. The third kappa shape index (κ3) is 3.93. The number of hydrogen-bond donors (Lipinski definition) is 1.